The molecule has 1 aliphatic carbocycles. The predicted octanol–water partition coefficient (Wildman–Crippen LogP) is 4.81. The number of aromatic amines is 1. The number of hydrogen-bond acceptors (Lipinski definition) is 6. The second-order valence-corrected chi connectivity index (χ2v) is 7.08. The Morgan fingerprint density at radius 1 is 1.19 bits per heavy atom. The van der Waals surface area contributed by atoms with Crippen molar-refractivity contribution >= 4 is 28.3 Å². The highest BCUT2D eigenvalue weighted by molar-refractivity contribution is 6.12. The van der Waals surface area contributed by atoms with Crippen LogP contribution in [0, 0.1) is 0 Å². The van der Waals surface area contributed by atoms with Crippen LogP contribution < -0.4 is 5.32 Å². The molecule has 0 saturated heterocycles. The van der Waals surface area contributed by atoms with E-state index in [1.807, 2.05) is 50.3 Å². The van der Waals surface area contributed by atoms with Gasteiger partial charge in [0.15, 0.2) is 11.5 Å². The Bertz CT molecular complexity index is 1250. The first-order valence-electron chi connectivity index (χ1n) is 9.73. The third kappa shape index (κ3) is 4.28. The van der Waals surface area contributed by atoms with Crippen molar-refractivity contribution in [2.75, 3.05) is 5.32 Å². The monoisotopic (exact) mass is 416 g/mol. The van der Waals surface area contributed by atoms with Gasteiger partial charge in [-0.15, -0.1) is 0 Å². The zero-order valence-electron chi connectivity index (χ0n) is 17.0. The zero-order chi connectivity index (χ0) is 21.8. The Labute approximate surface area is 178 Å². The van der Waals surface area contributed by atoms with E-state index in [0.29, 0.717) is 22.6 Å². The molecule has 4 rings (SSSR count). The number of anilines is 1. The van der Waals surface area contributed by atoms with Crippen molar-refractivity contribution < 1.29 is 9.60 Å². The van der Waals surface area contributed by atoms with Crippen LogP contribution in [-0.4, -0.2) is 36.9 Å². The summed E-state index contributed by atoms with van der Waals surface area (Å²) in [6.45, 7) is 4.01. The van der Waals surface area contributed by atoms with Crippen LogP contribution in [0.2, 0.25) is 0 Å². The molecule has 1 aromatic carbocycles. The topological polar surface area (TPSA) is 99.1 Å². The number of hydrogen-bond donors (Lipinski definition) is 3. The van der Waals surface area contributed by atoms with E-state index in [1.54, 1.807) is 12.4 Å². The third-order valence-corrected chi connectivity index (χ3v) is 5.09. The van der Waals surface area contributed by atoms with Crippen molar-refractivity contribution in [3.63, 3.8) is 0 Å². The fourth-order valence-corrected chi connectivity index (χ4v) is 3.46. The average molecular weight is 416 g/mol. The molecule has 7 nitrogen and oxygen atoms in total. The van der Waals surface area contributed by atoms with Gasteiger partial charge in [-0.2, -0.15) is 0 Å². The number of rotatable bonds is 5. The Morgan fingerprint density at radius 3 is 2.77 bits per heavy atom. The van der Waals surface area contributed by atoms with Crippen molar-refractivity contribution in [1.82, 2.24) is 19.9 Å². The lowest BCUT2D eigenvalue weighted by Gasteiger charge is -2.20. The van der Waals surface area contributed by atoms with Crippen molar-refractivity contribution in [2.45, 2.75) is 19.9 Å². The Morgan fingerprint density at radius 2 is 2.00 bits per heavy atom. The summed E-state index contributed by atoms with van der Waals surface area (Å²) in [6.07, 6.45) is 9.04. The molecule has 0 saturated carbocycles. The first-order chi connectivity index (χ1) is 15.1. The molecule has 0 fully saturated rings. The SMILES string of the molecule is C\C(=C(/C=C1/C=CC(F)=C/C1=N\O)[C@H](C)Nc1ncnc2[nH]cnc12)c1ccccc1. The maximum Gasteiger partial charge on any atom is 0.162 e. The number of oxime groups is 1. The molecule has 3 aromatic rings. The number of halogens is 1. The molecule has 1 aliphatic rings. The van der Waals surface area contributed by atoms with Gasteiger partial charge in [-0.25, -0.2) is 19.3 Å². The van der Waals surface area contributed by atoms with Gasteiger partial charge in [0.25, 0.3) is 0 Å². The highest BCUT2D eigenvalue weighted by atomic mass is 19.1. The largest absolute Gasteiger partial charge is 0.410 e. The number of allylic oxidation sites excluding steroid dienone is 6. The molecule has 0 radical (unpaired) electrons. The average Bonchev–Trinajstić information content (AvgIpc) is 3.28. The van der Waals surface area contributed by atoms with Gasteiger partial charge in [0, 0.05) is 11.6 Å². The van der Waals surface area contributed by atoms with Gasteiger partial charge in [0.2, 0.25) is 0 Å². The van der Waals surface area contributed by atoms with Crippen LogP contribution in [0.25, 0.3) is 16.7 Å². The lowest BCUT2D eigenvalue weighted by molar-refractivity contribution is 0.319. The minimum Gasteiger partial charge on any atom is -0.410 e. The fourth-order valence-electron chi connectivity index (χ4n) is 3.46. The molecule has 31 heavy (non-hydrogen) atoms. The normalized spacial score (nSPS) is 18.2. The van der Waals surface area contributed by atoms with Crippen molar-refractivity contribution in [3.8, 4) is 0 Å². The number of fused-ring (bicyclic) bond motifs is 1. The van der Waals surface area contributed by atoms with Gasteiger partial charge in [-0.1, -0.05) is 35.5 Å². The molecule has 156 valence electrons. The van der Waals surface area contributed by atoms with Crippen LogP contribution in [0.4, 0.5) is 10.2 Å². The van der Waals surface area contributed by atoms with E-state index >= 15 is 0 Å². The van der Waals surface area contributed by atoms with E-state index in [0.717, 1.165) is 16.7 Å². The molecule has 0 spiro atoms. The smallest absolute Gasteiger partial charge is 0.162 e. The van der Waals surface area contributed by atoms with Crippen molar-refractivity contribution in [1.29, 1.82) is 0 Å². The van der Waals surface area contributed by atoms with Crippen LogP contribution in [0.15, 0.2) is 89.4 Å². The molecule has 0 bridgehead atoms. The molecule has 2 heterocycles. The molecule has 0 aliphatic heterocycles. The number of nitrogens with zero attached hydrogens (tertiary/aromatic N) is 4. The van der Waals surface area contributed by atoms with Crippen LogP contribution >= 0.6 is 0 Å². The second kappa shape index (κ2) is 8.74. The molecular formula is C23H21FN6O. The maximum atomic E-state index is 13.6. The van der Waals surface area contributed by atoms with Gasteiger partial charge in [-0.3, -0.25) is 0 Å². The summed E-state index contributed by atoms with van der Waals surface area (Å²) in [5.41, 5.74) is 5.00. The number of nitrogens with one attached hydrogen (secondary N) is 2. The molecule has 0 unspecified atom stereocenters. The summed E-state index contributed by atoms with van der Waals surface area (Å²) >= 11 is 0. The summed E-state index contributed by atoms with van der Waals surface area (Å²) in [7, 11) is 0. The quantitative estimate of drug-likeness (QED) is 0.410. The number of benzene rings is 1. The minimum atomic E-state index is -0.469. The Balaban J connectivity index is 1.78. The van der Waals surface area contributed by atoms with E-state index in [4.69, 9.17) is 0 Å². The van der Waals surface area contributed by atoms with Crippen LogP contribution in [-0.2, 0) is 0 Å². The number of H-pyrrole nitrogens is 1. The summed E-state index contributed by atoms with van der Waals surface area (Å²) in [4.78, 5) is 15.8. The third-order valence-electron chi connectivity index (χ3n) is 5.09. The number of imidazole rings is 1. The molecule has 3 N–H and O–H groups in total. The van der Waals surface area contributed by atoms with Gasteiger partial charge >= 0.3 is 0 Å². The lowest BCUT2D eigenvalue weighted by atomic mass is 9.92. The van der Waals surface area contributed by atoms with E-state index in [-0.39, 0.29) is 11.8 Å². The molecule has 1 atom stereocenters. The summed E-state index contributed by atoms with van der Waals surface area (Å²) < 4.78 is 13.6. The van der Waals surface area contributed by atoms with Crippen LogP contribution in [0.1, 0.15) is 19.4 Å². The van der Waals surface area contributed by atoms with E-state index < -0.39 is 5.83 Å². The lowest BCUT2D eigenvalue weighted by Crippen LogP contribution is -2.20. The second-order valence-electron chi connectivity index (χ2n) is 7.08. The standard InChI is InChI=1S/C23H21FN6O/c1-14(16-6-4-3-5-7-16)19(10-17-8-9-18(24)11-20(17)30-31)15(2)29-23-21-22(26-12-25-21)27-13-28-23/h3-13,15,31H,1-2H3,(H2,25,26,27,28,29)/b17-10-,19-14-,30-20+/t15-/m0/s1. The van der Waals surface area contributed by atoms with Crippen LogP contribution in [0.5, 0.6) is 0 Å². The van der Waals surface area contributed by atoms with Gasteiger partial charge in [0.1, 0.15) is 23.4 Å². The van der Waals surface area contributed by atoms with Crippen molar-refractivity contribution in [2.24, 2.45) is 5.16 Å². The number of aromatic nitrogens is 4. The van der Waals surface area contributed by atoms with E-state index in [2.05, 4.69) is 30.4 Å². The Hall–Kier alpha value is -4.07. The zero-order valence-corrected chi connectivity index (χ0v) is 17.0. The minimum absolute atomic E-state index is 0.155. The highest BCUT2D eigenvalue weighted by Gasteiger charge is 2.17. The summed E-state index contributed by atoms with van der Waals surface area (Å²) in [5, 5.41) is 16.0. The van der Waals surface area contributed by atoms with Crippen LogP contribution in [0.3, 0.4) is 0 Å². The summed E-state index contributed by atoms with van der Waals surface area (Å²) in [6, 6.07) is 9.74. The van der Waals surface area contributed by atoms with Crippen molar-refractivity contribution in [3.05, 3.63) is 89.8 Å². The molecular weight excluding hydrogens is 395 g/mol. The molecule has 0 amide bonds. The Kier molecular flexibility index (Phi) is 5.70. The maximum absolute atomic E-state index is 13.6. The summed E-state index contributed by atoms with van der Waals surface area (Å²) in [5.74, 6) is 0.125. The first kappa shape index (κ1) is 20.2. The molecule has 8 heteroatoms. The van der Waals surface area contributed by atoms with E-state index in [9.17, 15) is 9.60 Å². The first-order valence-corrected chi connectivity index (χ1v) is 9.73. The van der Waals surface area contributed by atoms with Gasteiger partial charge in [0.05, 0.1) is 12.4 Å². The predicted molar refractivity (Wildman–Crippen MR) is 119 cm³/mol. The van der Waals surface area contributed by atoms with E-state index in [1.165, 1.54) is 18.5 Å². The van der Waals surface area contributed by atoms with Gasteiger partial charge < -0.3 is 15.5 Å². The molecule has 2 aromatic heterocycles. The highest BCUT2D eigenvalue weighted by Crippen LogP contribution is 2.27. The van der Waals surface area contributed by atoms with Gasteiger partial charge in [-0.05, 0) is 48.8 Å². The fraction of sp³-hybridized carbons (Fsp3) is 0.130.